The van der Waals surface area contributed by atoms with Gasteiger partial charge in [0.25, 0.3) is 0 Å². The summed E-state index contributed by atoms with van der Waals surface area (Å²) in [6.45, 7) is 3.97. The predicted octanol–water partition coefficient (Wildman–Crippen LogP) is 0.679. The van der Waals surface area contributed by atoms with Crippen molar-refractivity contribution in [2.75, 3.05) is 47.2 Å². The van der Waals surface area contributed by atoms with Gasteiger partial charge in [-0.05, 0) is 32.9 Å². The van der Waals surface area contributed by atoms with Crippen LogP contribution in [-0.2, 0) is 22.8 Å². The minimum absolute atomic E-state index is 0.0277. The van der Waals surface area contributed by atoms with E-state index in [2.05, 4.69) is 4.90 Å². The van der Waals surface area contributed by atoms with Crippen molar-refractivity contribution in [3.63, 3.8) is 0 Å². The molecule has 0 radical (unpaired) electrons. The van der Waals surface area contributed by atoms with Crippen molar-refractivity contribution in [1.29, 1.82) is 0 Å². The molecule has 19 heavy (non-hydrogen) atoms. The van der Waals surface area contributed by atoms with Crippen LogP contribution in [0.1, 0.15) is 19.8 Å². The summed E-state index contributed by atoms with van der Waals surface area (Å²) in [6, 6.07) is 0. The zero-order chi connectivity index (χ0) is 14.3. The average Bonchev–Trinajstić information content (AvgIpc) is 2.46. The molecule has 7 heteroatoms. The minimum Gasteiger partial charge on any atom is -0.466 e. The van der Waals surface area contributed by atoms with E-state index in [1.807, 2.05) is 6.92 Å². The molecular weight excluding hydrogens is 266 g/mol. The quantitative estimate of drug-likeness (QED) is 0.508. The highest BCUT2D eigenvalue weighted by Gasteiger charge is 2.41. The Hall–Kier alpha value is -0.473. The zero-order valence-corrected chi connectivity index (χ0v) is 13.3. The Balaban J connectivity index is 2.43. The molecule has 0 spiro atoms. The number of carbonyl (C=O) groups excluding carboxylic acids is 1. The fourth-order valence-corrected chi connectivity index (χ4v) is 4.06. The number of carbonyl (C=O) groups is 1. The van der Waals surface area contributed by atoms with Gasteiger partial charge < -0.3 is 18.0 Å². The number of esters is 1. The predicted molar refractivity (Wildman–Crippen MR) is 72.6 cm³/mol. The Bertz CT molecular complexity index is 269. The molecule has 0 aliphatic carbocycles. The lowest BCUT2D eigenvalue weighted by molar-refractivity contribution is -0.149. The summed E-state index contributed by atoms with van der Waals surface area (Å²) in [7, 11) is 2.29. The Labute approximate surface area is 116 Å². The molecule has 1 saturated heterocycles. The molecule has 0 aromatic heterocycles. The molecule has 0 aromatic carbocycles. The largest absolute Gasteiger partial charge is 0.514 e. The van der Waals surface area contributed by atoms with Gasteiger partial charge in [0.05, 0.1) is 18.7 Å². The Morgan fingerprint density at radius 3 is 2.11 bits per heavy atom. The van der Waals surface area contributed by atoms with Crippen molar-refractivity contribution < 1.29 is 22.8 Å². The number of rotatable bonds is 7. The van der Waals surface area contributed by atoms with Gasteiger partial charge in [-0.25, -0.2) is 0 Å². The van der Waals surface area contributed by atoms with E-state index >= 15 is 0 Å². The normalized spacial score (nSPS) is 18.5. The number of ether oxygens (including phenoxy) is 1. The third-order valence-electron chi connectivity index (χ3n) is 3.56. The van der Waals surface area contributed by atoms with Gasteiger partial charge in [0.1, 0.15) is 0 Å². The molecule has 0 bridgehead atoms. The fraction of sp³-hybridized carbons (Fsp3) is 0.917. The number of hydrogen-bond donors (Lipinski definition) is 0. The molecule has 0 atom stereocenters. The van der Waals surface area contributed by atoms with E-state index in [9.17, 15) is 4.79 Å². The topological polar surface area (TPSA) is 57.2 Å². The molecule has 1 aliphatic heterocycles. The van der Waals surface area contributed by atoms with Crippen molar-refractivity contribution in [3.8, 4) is 0 Å². The number of nitrogens with zero attached hydrogens (tertiary/aromatic N) is 1. The van der Waals surface area contributed by atoms with Crippen LogP contribution in [0.2, 0.25) is 0 Å². The van der Waals surface area contributed by atoms with Crippen LogP contribution in [-0.4, -0.2) is 66.9 Å². The second-order valence-electron chi connectivity index (χ2n) is 4.60. The van der Waals surface area contributed by atoms with Gasteiger partial charge in [0.15, 0.2) is 0 Å². The van der Waals surface area contributed by atoms with Crippen LogP contribution in [0.25, 0.3) is 0 Å². The SMILES string of the molecule is CCOC(=O)C1CCN(C[Si](OC)(OC)OC)CC1. The van der Waals surface area contributed by atoms with Gasteiger partial charge in [-0.2, -0.15) is 0 Å². The maximum Gasteiger partial charge on any atom is 0.514 e. The highest BCUT2D eigenvalue weighted by molar-refractivity contribution is 6.60. The molecule has 0 aromatic rings. The van der Waals surface area contributed by atoms with Gasteiger partial charge in [-0.3, -0.25) is 9.69 Å². The molecule has 0 saturated carbocycles. The van der Waals surface area contributed by atoms with E-state index in [0.29, 0.717) is 12.8 Å². The van der Waals surface area contributed by atoms with Crippen LogP contribution in [0.3, 0.4) is 0 Å². The number of hydrogen-bond acceptors (Lipinski definition) is 6. The first-order valence-corrected chi connectivity index (χ1v) is 8.58. The van der Waals surface area contributed by atoms with Crippen molar-refractivity contribution in [1.82, 2.24) is 4.90 Å². The van der Waals surface area contributed by atoms with E-state index in [-0.39, 0.29) is 11.9 Å². The Morgan fingerprint density at radius 1 is 1.16 bits per heavy atom. The van der Waals surface area contributed by atoms with Crippen molar-refractivity contribution in [3.05, 3.63) is 0 Å². The van der Waals surface area contributed by atoms with E-state index < -0.39 is 8.80 Å². The molecule has 1 heterocycles. The fourth-order valence-electron chi connectivity index (χ4n) is 2.30. The van der Waals surface area contributed by atoms with Crippen molar-refractivity contribution in [2.24, 2.45) is 5.92 Å². The highest BCUT2D eigenvalue weighted by Crippen LogP contribution is 2.20. The Kier molecular flexibility index (Phi) is 6.94. The van der Waals surface area contributed by atoms with Crippen LogP contribution in [0.4, 0.5) is 0 Å². The first kappa shape index (κ1) is 16.6. The first-order chi connectivity index (χ1) is 9.10. The molecular formula is C12H25NO5Si. The van der Waals surface area contributed by atoms with E-state index in [1.54, 1.807) is 21.3 Å². The first-order valence-electron chi connectivity index (χ1n) is 6.65. The summed E-state index contributed by atoms with van der Waals surface area (Å²) < 4.78 is 21.3. The Morgan fingerprint density at radius 2 is 1.68 bits per heavy atom. The van der Waals surface area contributed by atoms with Gasteiger partial charge in [-0.15, -0.1) is 0 Å². The van der Waals surface area contributed by atoms with Crippen LogP contribution < -0.4 is 0 Å². The second kappa shape index (κ2) is 7.96. The summed E-state index contributed by atoms with van der Waals surface area (Å²) >= 11 is 0. The lowest BCUT2D eigenvalue weighted by atomic mass is 9.97. The second-order valence-corrected chi connectivity index (χ2v) is 7.50. The lowest BCUT2D eigenvalue weighted by Gasteiger charge is -2.35. The molecule has 1 fully saturated rings. The molecule has 0 N–H and O–H groups in total. The van der Waals surface area contributed by atoms with Gasteiger partial charge in [0.2, 0.25) is 0 Å². The molecule has 0 amide bonds. The average molecular weight is 291 g/mol. The minimum atomic E-state index is -2.56. The summed E-state index contributed by atoms with van der Waals surface area (Å²) in [6.07, 6.45) is 2.30. The van der Waals surface area contributed by atoms with E-state index in [0.717, 1.165) is 25.9 Å². The maximum atomic E-state index is 11.7. The zero-order valence-electron chi connectivity index (χ0n) is 12.3. The summed E-state index contributed by atoms with van der Waals surface area (Å²) in [5, 5.41) is 0. The van der Waals surface area contributed by atoms with Crippen LogP contribution in [0, 0.1) is 5.92 Å². The van der Waals surface area contributed by atoms with Gasteiger partial charge >= 0.3 is 14.8 Å². The van der Waals surface area contributed by atoms with Gasteiger partial charge in [0, 0.05) is 21.3 Å². The van der Waals surface area contributed by atoms with Crippen LogP contribution >= 0.6 is 0 Å². The maximum absolute atomic E-state index is 11.7. The monoisotopic (exact) mass is 291 g/mol. The standard InChI is InChI=1S/C12H25NO5Si/c1-5-18-12(14)11-6-8-13(9-7-11)10-19(15-2,16-3)17-4/h11H,5-10H2,1-4H3. The molecule has 0 unspecified atom stereocenters. The van der Waals surface area contributed by atoms with Crippen molar-refractivity contribution >= 4 is 14.8 Å². The summed E-state index contributed by atoms with van der Waals surface area (Å²) in [5.74, 6) is -0.0456. The smallest absolute Gasteiger partial charge is 0.466 e. The highest BCUT2D eigenvalue weighted by atomic mass is 28.4. The molecule has 6 nitrogen and oxygen atoms in total. The lowest BCUT2D eigenvalue weighted by Crippen LogP contribution is -2.55. The number of likely N-dealkylation sites (tertiary alicyclic amines) is 1. The molecule has 1 aliphatic rings. The van der Waals surface area contributed by atoms with Gasteiger partial charge in [-0.1, -0.05) is 0 Å². The van der Waals surface area contributed by atoms with Crippen molar-refractivity contribution in [2.45, 2.75) is 19.8 Å². The molecule has 112 valence electrons. The van der Waals surface area contributed by atoms with Crippen LogP contribution in [0.5, 0.6) is 0 Å². The van der Waals surface area contributed by atoms with E-state index in [1.165, 1.54) is 0 Å². The van der Waals surface area contributed by atoms with E-state index in [4.69, 9.17) is 18.0 Å². The third-order valence-corrected chi connectivity index (χ3v) is 6.26. The van der Waals surface area contributed by atoms with Crippen LogP contribution in [0.15, 0.2) is 0 Å². The number of piperidine rings is 1. The molecule has 1 rings (SSSR count). The summed E-state index contributed by atoms with van der Waals surface area (Å²) in [5.41, 5.74) is 0. The third kappa shape index (κ3) is 4.53. The summed E-state index contributed by atoms with van der Waals surface area (Å²) in [4.78, 5) is 13.9.